The Kier molecular flexibility index (Phi) is 3.64. The van der Waals surface area contributed by atoms with Crippen molar-refractivity contribution in [2.45, 2.75) is 39.2 Å². The Morgan fingerprint density at radius 3 is 2.56 bits per heavy atom. The standard InChI is InChI=1S/C21H22N2O2/c1-12-7-9-15(10-8-12)20-17-6-4-5-16(17)19-14(3)13(2)11-18(23(24)25)21(19)22-20/h4-5,7-11,16-17,20,22H,6H2,1-3H3/t16-,17-,20-/m0/s1. The molecular weight excluding hydrogens is 312 g/mol. The Bertz CT molecular complexity index is 884. The fourth-order valence-electron chi connectivity index (χ4n) is 4.33. The van der Waals surface area contributed by atoms with Gasteiger partial charge in [0, 0.05) is 12.0 Å². The molecule has 2 aromatic carbocycles. The van der Waals surface area contributed by atoms with E-state index in [0.717, 1.165) is 23.1 Å². The summed E-state index contributed by atoms with van der Waals surface area (Å²) in [5.41, 5.74) is 6.56. The minimum Gasteiger partial charge on any atom is -0.372 e. The van der Waals surface area contributed by atoms with Crippen LogP contribution in [0.15, 0.2) is 42.5 Å². The summed E-state index contributed by atoms with van der Waals surface area (Å²) < 4.78 is 0. The van der Waals surface area contributed by atoms with Gasteiger partial charge >= 0.3 is 0 Å². The molecule has 0 saturated carbocycles. The predicted octanol–water partition coefficient (Wildman–Crippen LogP) is 5.35. The number of nitro groups is 1. The van der Waals surface area contributed by atoms with Crippen molar-refractivity contribution in [2.75, 3.05) is 5.32 Å². The largest absolute Gasteiger partial charge is 0.372 e. The number of nitrogens with zero attached hydrogens (tertiary/aromatic N) is 1. The number of fused-ring (bicyclic) bond motifs is 3. The van der Waals surface area contributed by atoms with E-state index < -0.39 is 0 Å². The van der Waals surface area contributed by atoms with Gasteiger partial charge < -0.3 is 5.32 Å². The molecule has 4 nitrogen and oxygen atoms in total. The van der Waals surface area contributed by atoms with Gasteiger partial charge in [0.05, 0.1) is 11.0 Å². The van der Waals surface area contributed by atoms with Crippen LogP contribution in [0.1, 0.15) is 46.2 Å². The van der Waals surface area contributed by atoms with Crippen molar-refractivity contribution >= 4 is 11.4 Å². The Balaban J connectivity index is 1.90. The average molecular weight is 334 g/mol. The Hall–Kier alpha value is -2.62. The Morgan fingerprint density at radius 2 is 1.88 bits per heavy atom. The third kappa shape index (κ3) is 2.44. The summed E-state index contributed by atoms with van der Waals surface area (Å²) in [6, 6.07) is 10.3. The molecule has 4 heteroatoms. The van der Waals surface area contributed by atoms with Gasteiger partial charge in [-0.2, -0.15) is 0 Å². The van der Waals surface area contributed by atoms with Gasteiger partial charge in [0.1, 0.15) is 5.69 Å². The van der Waals surface area contributed by atoms with Crippen molar-refractivity contribution in [3.8, 4) is 0 Å². The van der Waals surface area contributed by atoms with Crippen molar-refractivity contribution in [1.82, 2.24) is 0 Å². The quantitative estimate of drug-likeness (QED) is 0.458. The second-order valence-corrected chi connectivity index (χ2v) is 7.27. The van der Waals surface area contributed by atoms with E-state index in [-0.39, 0.29) is 22.6 Å². The first-order valence-electron chi connectivity index (χ1n) is 8.75. The smallest absolute Gasteiger partial charge is 0.292 e. The molecule has 4 rings (SSSR count). The second-order valence-electron chi connectivity index (χ2n) is 7.27. The SMILES string of the molecule is Cc1ccc([C@@H]2Nc3c([N+](=O)[O-])cc(C)c(C)c3[C@H]3C=CC[C@@H]32)cc1. The van der Waals surface area contributed by atoms with Gasteiger partial charge in [-0.3, -0.25) is 10.1 Å². The Morgan fingerprint density at radius 1 is 1.16 bits per heavy atom. The lowest BCUT2D eigenvalue weighted by molar-refractivity contribution is -0.384. The van der Waals surface area contributed by atoms with E-state index in [9.17, 15) is 10.1 Å². The van der Waals surface area contributed by atoms with Gasteiger partial charge in [0.25, 0.3) is 5.69 Å². The van der Waals surface area contributed by atoms with Crippen LogP contribution < -0.4 is 5.32 Å². The molecule has 2 aliphatic rings. The second kappa shape index (κ2) is 5.73. The van der Waals surface area contributed by atoms with Gasteiger partial charge in [-0.05, 0) is 55.4 Å². The van der Waals surface area contributed by atoms with Gasteiger partial charge in [-0.25, -0.2) is 0 Å². The number of anilines is 1. The first kappa shape index (κ1) is 15.9. The molecule has 0 bridgehead atoms. The summed E-state index contributed by atoms with van der Waals surface area (Å²) in [4.78, 5) is 11.4. The van der Waals surface area contributed by atoms with Crippen molar-refractivity contribution in [1.29, 1.82) is 0 Å². The zero-order valence-corrected chi connectivity index (χ0v) is 14.7. The van der Waals surface area contributed by atoms with Gasteiger partial charge in [0.2, 0.25) is 0 Å². The van der Waals surface area contributed by atoms with E-state index in [4.69, 9.17) is 0 Å². The van der Waals surface area contributed by atoms with Crippen molar-refractivity contribution < 1.29 is 4.92 Å². The molecule has 0 radical (unpaired) electrons. The lowest BCUT2D eigenvalue weighted by Crippen LogP contribution is -2.30. The molecule has 1 heterocycles. The highest BCUT2D eigenvalue weighted by Crippen LogP contribution is 2.53. The number of allylic oxidation sites excluding steroid dienone is 2. The summed E-state index contributed by atoms with van der Waals surface area (Å²) >= 11 is 0. The van der Waals surface area contributed by atoms with Crippen LogP contribution in [0, 0.1) is 36.8 Å². The monoisotopic (exact) mass is 334 g/mol. The molecule has 1 N–H and O–H groups in total. The molecule has 1 aliphatic heterocycles. The summed E-state index contributed by atoms with van der Waals surface area (Å²) in [5, 5.41) is 15.2. The minimum absolute atomic E-state index is 0.0916. The van der Waals surface area contributed by atoms with E-state index >= 15 is 0 Å². The molecular formula is C21H22N2O2. The fraction of sp³-hybridized carbons (Fsp3) is 0.333. The van der Waals surface area contributed by atoms with Gasteiger partial charge in [-0.15, -0.1) is 0 Å². The van der Waals surface area contributed by atoms with E-state index in [0.29, 0.717) is 11.6 Å². The molecule has 1 aliphatic carbocycles. The van der Waals surface area contributed by atoms with Crippen LogP contribution in [0.25, 0.3) is 0 Å². The molecule has 0 aromatic heterocycles. The maximum absolute atomic E-state index is 11.7. The number of benzene rings is 2. The van der Waals surface area contributed by atoms with Crippen LogP contribution in [0.4, 0.5) is 11.4 Å². The molecule has 0 spiro atoms. The van der Waals surface area contributed by atoms with Crippen LogP contribution in [-0.4, -0.2) is 4.92 Å². The Labute approximate surface area is 147 Å². The normalized spacial score (nSPS) is 23.7. The van der Waals surface area contributed by atoms with Crippen LogP contribution >= 0.6 is 0 Å². The van der Waals surface area contributed by atoms with Crippen LogP contribution in [0.3, 0.4) is 0 Å². The van der Waals surface area contributed by atoms with E-state index in [1.807, 2.05) is 6.92 Å². The number of hydrogen-bond acceptors (Lipinski definition) is 3. The topological polar surface area (TPSA) is 55.2 Å². The highest BCUT2D eigenvalue weighted by atomic mass is 16.6. The molecule has 0 fully saturated rings. The predicted molar refractivity (Wildman–Crippen MR) is 100 cm³/mol. The molecule has 0 amide bonds. The lowest BCUT2D eigenvalue weighted by atomic mass is 9.74. The van der Waals surface area contributed by atoms with E-state index in [1.165, 1.54) is 11.1 Å². The third-order valence-corrected chi connectivity index (χ3v) is 5.78. The average Bonchev–Trinajstić information content (AvgIpc) is 3.07. The van der Waals surface area contributed by atoms with Crippen molar-refractivity contribution in [3.05, 3.63) is 80.4 Å². The number of nitrogens with one attached hydrogen (secondary N) is 1. The number of nitro benzene ring substituents is 1. The van der Waals surface area contributed by atoms with Crippen LogP contribution in [0.5, 0.6) is 0 Å². The summed E-state index contributed by atoms with van der Waals surface area (Å²) in [5.74, 6) is 0.636. The zero-order chi connectivity index (χ0) is 17.7. The summed E-state index contributed by atoms with van der Waals surface area (Å²) in [6.45, 7) is 6.11. The molecule has 25 heavy (non-hydrogen) atoms. The van der Waals surface area contributed by atoms with E-state index in [2.05, 4.69) is 55.6 Å². The summed E-state index contributed by atoms with van der Waals surface area (Å²) in [6.07, 6.45) is 5.46. The molecule has 128 valence electrons. The van der Waals surface area contributed by atoms with Gasteiger partial charge in [0.15, 0.2) is 0 Å². The lowest BCUT2D eigenvalue weighted by Gasteiger charge is -2.38. The van der Waals surface area contributed by atoms with Crippen LogP contribution in [0.2, 0.25) is 0 Å². The molecule has 3 atom stereocenters. The zero-order valence-electron chi connectivity index (χ0n) is 14.7. The highest BCUT2D eigenvalue weighted by molar-refractivity contribution is 5.74. The third-order valence-electron chi connectivity index (χ3n) is 5.78. The first-order chi connectivity index (χ1) is 12.0. The fourth-order valence-corrected chi connectivity index (χ4v) is 4.33. The number of aryl methyl sites for hydroxylation is 2. The number of rotatable bonds is 2. The maximum Gasteiger partial charge on any atom is 0.292 e. The van der Waals surface area contributed by atoms with Gasteiger partial charge in [-0.1, -0.05) is 42.0 Å². The molecule has 2 aromatic rings. The maximum atomic E-state index is 11.7. The molecule has 0 saturated heterocycles. The first-order valence-corrected chi connectivity index (χ1v) is 8.75. The highest BCUT2D eigenvalue weighted by Gasteiger charge is 2.41. The van der Waals surface area contributed by atoms with Crippen LogP contribution in [-0.2, 0) is 0 Å². The van der Waals surface area contributed by atoms with Crippen molar-refractivity contribution in [2.24, 2.45) is 5.92 Å². The van der Waals surface area contributed by atoms with E-state index in [1.54, 1.807) is 6.07 Å². The van der Waals surface area contributed by atoms with Crippen molar-refractivity contribution in [3.63, 3.8) is 0 Å². The number of hydrogen-bond donors (Lipinski definition) is 1. The minimum atomic E-state index is -0.260. The summed E-state index contributed by atoms with van der Waals surface area (Å²) in [7, 11) is 0. The molecule has 0 unspecified atom stereocenters.